The maximum atomic E-state index is 12.6. The van der Waals surface area contributed by atoms with Gasteiger partial charge in [0.05, 0.1) is 11.3 Å². The molecule has 1 atom stereocenters. The minimum atomic E-state index is 0.0394. The van der Waals surface area contributed by atoms with E-state index >= 15 is 0 Å². The lowest BCUT2D eigenvalue weighted by Gasteiger charge is -2.27. The van der Waals surface area contributed by atoms with Crippen LogP contribution in [-0.2, 0) is 0 Å². The van der Waals surface area contributed by atoms with Gasteiger partial charge in [-0.1, -0.05) is 13.8 Å². The van der Waals surface area contributed by atoms with E-state index in [1.807, 2.05) is 18.0 Å². The highest BCUT2D eigenvalue weighted by molar-refractivity contribution is 7.98. The second kappa shape index (κ2) is 8.84. The van der Waals surface area contributed by atoms with Crippen LogP contribution in [0.5, 0.6) is 0 Å². The van der Waals surface area contributed by atoms with Gasteiger partial charge in [0.1, 0.15) is 0 Å². The Hall–Kier alpha value is -1.23. The van der Waals surface area contributed by atoms with Crippen LogP contribution in [0.3, 0.4) is 0 Å². The molecule has 0 aliphatic rings. The van der Waals surface area contributed by atoms with E-state index in [-0.39, 0.29) is 11.9 Å². The van der Waals surface area contributed by atoms with Crippen LogP contribution in [0.25, 0.3) is 0 Å². The summed E-state index contributed by atoms with van der Waals surface area (Å²) in [6, 6.07) is 2.13. The predicted octanol–water partition coefficient (Wildman–Crippen LogP) is 3.12. The van der Waals surface area contributed by atoms with Crippen molar-refractivity contribution in [3.63, 3.8) is 0 Å². The van der Waals surface area contributed by atoms with Crippen molar-refractivity contribution in [2.45, 2.75) is 32.7 Å². The highest BCUT2D eigenvalue weighted by Crippen LogP contribution is 2.18. The quantitative estimate of drug-likeness (QED) is 0.800. The van der Waals surface area contributed by atoms with E-state index in [0.29, 0.717) is 5.56 Å². The Morgan fingerprint density at radius 1 is 1.50 bits per heavy atom. The number of hydrogen-bond acceptors (Lipinski definition) is 4. The molecule has 0 saturated heterocycles. The van der Waals surface area contributed by atoms with Gasteiger partial charge < -0.3 is 10.2 Å². The van der Waals surface area contributed by atoms with E-state index in [1.54, 1.807) is 24.2 Å². The summed E-state index contributed by atoms with van der Waals surface area (Å²) in [5.74, 6) is 0.995. The highest BCUT2D eigenvalue weighted by Gasteiger charge is 2.21. The topological polar surface area (TPSA) is 45.2 Å². The van der Waals surface area contributed by atoms with Crippen LogP contribution >= 0.6 is 11.8 Å². The van der Waals surface area contributed by atoms with Crippen molar-refractivity contribution in [2.75, 3.05) is 30.9 Å². The number of carbonyl (C=O) groups is 1. The van der Waals surface area contributed by atoms with Gasteiger partial charge >= 0.3 is 0 Å². The van der Waals surface area contributed by atoms with Crippen molar-refractivity contribution in [1.82, 2.24) is 9.88 Å². The molecule has 1 aromatic heterocycles. The molecule has 20 heavy (non-hydrogen) atoms. The van der Waals surface area contributed by atoms with Crippen LogP contribution < -0.4 is 5.32 Å². The molecule has 0 spiro atoms. The minimum absolute atomic E-state index is 0.0394. The zero-order valence-electron chi connectivity index (χ0n) is 12.8. The summed E-state index contributed by atoms with van der Waals surface area (Å²) < 4.78 is 0. The molecule has 1 unspecified atom stereocenters. The van der Waals surface area contributed by atoms with Gasteiger partial charge in [0.15, 0.2) is 0 Å². The summed E-state index contributed by atoms with van der Waals surface area (Å²) in [4.78, 5) is 18.6. The smallest absolute Gasteiger partial charge is 0.257 e. The number of nitrogens with one attached hydrogen (secondary N) is 1. The fourth-order valence-corrected chi connectivity index (χ4v) is 2.87. The minimum Gasteiger partial charge on any atom is -0.384 e. The molecule has 1 amide bonds. The third-order valence-corrected chi connectivity index (χ3v) is 4.03. The number of aromatic nitrogens is 1. The first-order valence-electron chi connectivity index (χ1n) is 7.09. The van der Waals surface area contributed by atoms with Crippen molar-refractivity contribution in [3.05, 3.63) is 24.0 Å². The number of thioether (sulfide) groups is 1. The fourth-order valence-electron chi connectivity index (χ4n) is 2.03. The lowest BCUT2D eigenvalue weighted by atomic mass is 10.1. The molecule has 0 aromatic carbocycles. The predicted molar refractivity (Wildman–Crippen MR) is 87.6 cm³/mol. The lowest BCUT2D eigenvalue weighted by Crippen LogP contribution is -2.38. The average molecular weight is 295 g/mol. The van der Waals surface area contributed by atoms with Gasteiger partial charge in [-0.3, -0.25) is 9.78 Å². The van der Waals surface area contributed by atoms with E-state index < -0.39 is 0 Å². The van der Waals surface area contributed by atoms with Crippen LogP contribution in [0.15, 0.2) is 18.5 Å². The van der Waals surface area contributed by atoms with E-state index in [1.165, 1.54) is 0 Å². The molecule has 0 saturated carbocycles. The molecule has 1 heterocycles. The summed E-state index contributed by atoms with van der Waals surface area (Å²) in [5, 5.41) is 3.29. The summed E-state index contributed by atoms with van der Waals surface area (Å²) in [5.41, 5.74) is 1.53. The Bertz CT molecular complexity index is 425. The zero-order chi connectivity index (χ0) is 15.0. The summed E-state index contributed by atoms with van der Waals surface area (Å²) >= 11 is 1.77. The van der Waals surface area contributed by atoms with E-state index in [9.17, 15) is 4.79 Å². The Balaban J connectivity index is 2.90. The molecule has 0 fully saturated rings. The molecule has 5 heteroatoms. The third kappa shape index (κ3) is 4.40. The van der Waals surface area contributed by atoms with Crippen LogP contribution in [0.4, 0.5) is 5.69 Å². The normalized spacial score (nSPS) is 12.0. The van der Waals surface area contributed by atoms with Crippen molar-refractivity contribution in [2.24, 2.45) is 0 Å². The number of hydrogen-bond donors (Lipinski definition) is 1. The molecule has 0 aliphatic carbocycles. The summed E-state index contributed by atoms with van der Waals surface area (Å²) in [6.07, 6.45) is 7.42. The lowest BCUT2D eigenvalue weighted by molar-refractivity contribution is 0.0744. The maximum Gasteiger partial charge on any atom is 0.257 e. The van der Waals surface area contributed by atoms with Crippen molar-refractivity contribution in [1.29, 1.82) is 0 Å². The highest BCUT2D eigenvalue weighted by atomic mass is 32.2. The molecule has 4 nitrogen and oxygen atoms in total. The number of amides is 1. The van der Waals surface area contributed by atoms with Crippen LogP contribution in [0.2, 0.25) is 0 Å². The molecule has 1 N–H and O–H groups in total. The molecular weight excluding hydrogens is 270 g/mol. The second-order valence-corrected chi connectivity index (χ2v) is 5.69. The molecule has 1 rings (SSSR count). The van der Waals surface area contributed by atoms with Gasteiger partial charge in [0, 0.05) is 37.8 Å². The Morgan fingerprint density at radius 2 is 2.25 bits per heavy atom. The van der Waals surface area contributed by atoms with Crippen LogP contribution in [-0.4, -0.2) is 47.4 Å². The van der Waals surface area contributed by atoms with Crippen molar-refractivity contribution < 1.29 is 4.79 Å². The Morgan fingerprint density at radius 3 is 2.85 bits per heavy atom. The molecule has 112 valence electrons. The monoisotopic (exact) mass is 295 g/mol. The van der Waals surface area contributed by atoms with E-state index in [2.05, 4.69) is 30.4 Å². The third-order valence-electron chi connectivity index (χ3n) is 3.32. The van der Waals surface area contributed by atoms with Crippen molar-refractivity contribution in [3.8, 4) is 0 Å². The van der Waals surface area contributed by atoms with Crippen LogP contribution in [0.1, 0.15) is 37.0 Å². The molecule has 0 radical (unpaired) electrons. The Labute approximate surface area is 126 Å². The average Bonchev–Trinajstić information content (AvgIpc) is 2.49. The number of nitrogens with zero attached hydrogens (tertiary/aromatic N) is 2. The zero-order valence-corrected chi connectivity index (χ0v) is 13.7. The van der Waals surface area contributed by atoms with Gasteiger partial charge in [-0.15, -0.1) is 0 Å². The molecular formula is C15H25N3OS. The second-order valence-electron chi connectivity index (χ2n) is 4.78. The van der Waals surface area contributed by atoms with Gasteiger partial charge in [-0.2, -0.15) is 11.8 Å². The first-order chi connectivity index (χ1) is 9.65. The number of anilines is 1. The Kier molecular flexibility index (Phi) is 7.44. The van der Waals surface area contributed by atoms with E-state index in [4.69, 9.17) is 0 Å². The molecule has 1 aromatic rings. The van der Waals surface area contributed by atoms with Gasteiger partial charge in [-0.25, -0.2) is 0 Å². The van der Waals surface area contributed by atoms with E-state index in [0.717, 1.165) is 30.8 Å². The fraction of sp³-hybridized carbons (Fsp3) is 0.600. The van der Waals surface area contributed by atoms with Crippen molar-refractivity contribution >= 4 is 23.4 Å². The molecule has 0 aliphatic heterocycles. The van der Waals surface area contributed by atoms with Gasteiger partial charge in [0.2, 0.25) is 0 Å². The first kappa shape index (κ1) is 16.8. The van der Waals surface area contributed by atoms with Crippen LogP contribution in [0, 0.1) is 0 Å². The number of rotatable bonds is 8. The van der Waals surface area contributed by atoms with Gasteiger partial charge in [-0.05, 0) is 25.2 Å². The largest absolute Gasteiger partial charge is 0.384 e. The van der Waals surface area contributed by atoms with Gasteiger partial charge in [0.25, 0.3) is 5.91 Å². The first-order valence-corrected chi connectivity index (χ1v) is 8.49. The molecule has 0 bridgehead atoms. The summed E-state index contributed by atoms with van der Waals surface area (Å²) in [6.45, 7) is 5.08. The number of carbonyl (C=O) groups excluding carboxylic acids is 1. The maximum absolute atomic E-state index is 12.6. The number of pyridine rings is 1. The standard InChI is InChI=1S/C15H25N3OS/c1-5-8-17-14-7-9-16-10-13(14)15(19)18(3)12(6-2)11-20-4/h7,9-10,12H,5-6,8,11H2,1-4H3,(H,16,17). The SMILES string of the molecule is CCCNc1ccncc1C(=O)N(C)C(CC)CSC. The summed E-state index contributed by atoms with van der Waals surface area (Å²) in [7, 11) is 1.88.